The summed E-state index contributed by atoms with van der Waals surface area (Å²) in [5.41, 5.74) is 0.512. The highest BCUT2D eigenvalue weighted by molar-refractivity contribution is 7.75. The van der Waals surface area contributed by atoms with Crippen molar-refractivity contribution in [3.05, 3.63) is 35.9 Å². The summed E-state index contributed by atoms with van der Waals surface area (Å²) in [6.07, 6.45) is 0. The number of hydrogen-bond acceptors (Lipinski definition) is 6. The molecule has 0 bridgehead atoms. The fraction of sp³-hybridized carbons (Fsp3) is 0.111. The molecule has 4 nitrogen and oxygen atoms in total. The average Bonchev–Trinajstić information content (AvgIpc) is 2.30. The number of rotatable bonds is 1. The van der Waals surface area contributed by atoms with Crippen LogP contribution in [-0.2, 0) is 13.2 Å². The molecule has 0 N–H and O–H groups in total. The highest BCUT2D eigenvalue weighted by Gasteiger charge is 2.01. The van der Waals surface area contributed by atoms with Gasteiger partial charge in [0.05, 0.1) is 5.56 Å². The Bertz CT molecular complexity index is 313. The lowest BCUT2D eigenvalue weighted by atomic mass is 10.2. The van der Waals surface area contributed by atoms with E-state index < -0.39 is 5.97 Å². The van der Waals surface area contributed by atoms with E-state index in [0.717, 1.165) is 0 Å². The molecule has 0 aliphatic carbocycles. The van der Waals surface area contributed by atoms with E-state index >= 15 is 0 Å². The Morgan fingerprint density at radius 1 is 1.07 bits per heavy atom. The van der Waals surface area contributed by atoms with Crippen LogP contribution in [0, 0.1) is 0 Å². The predicted molar refractivity (Wildman–Crippen MR) is 61.6 cm³/mol. The molecule has 0 aliphatic heterocycles. The fourth-order valence-electron chi connectivity index (χ4n) is 0.627. The second-order valence-corrected chi connectivity index (χ2v) is 2.69. The van der Waals surface area contributed by atoms with Crippen molar-refractivity contribution in [3.8, 4) is 0 Å². The third-order valence-corrected chi connectivity index (χ3v) is 1.64. The van der Waals surface area contributed by atoms with Crippen LogP contribution in [0.1, 0.15) is 17.3 Å². The molecule has 0 saturated carbocycles. The van der Waals surface area contributed by atoms with Crippen molar-refractivity contribution in [2.75, 3.05) is 0 Å². The van der Waals surface area contributed by atoms with E-state index in [1.807, 2.05) is 6.07 Å². The standard InChI is InChI=1S/C7H6O2S.C2H4O2S/c8-7(9-10)6-4-2-1-3-5-6;1-2(3)4-5/h1-5,10H;5H,1H3. The predicted octanol–water partition coefficient (Wildman–Crippen LogP) is 2.08. The Labute approximate surface area is 98.8 Å². The van der Waals surface area contributed by atoms with Crippen molar-refractivity contribution in [3.63, 3.8) is 0 Å². The lowest BCUT2D eigenvalue weighted by Crippen LogP contribution is -1.96. The zero-order valence-corrected chi connectivity index (χ0v) is 9.70. The van der Waals surface area contributed by atoms with Gasteiger partial charge in [0.1, 0.15) is 0 Å². The van der Waals surface area contributed by atoms with Crippen molar-refractivity contribution < 1.29 is 18.0 Å². The summed E-state index contributed by atoms with van der Waals surface area (Å²) < 4.78 is 8.00. The van der Waals surface area contributed by atoms with Crippen LogP contribution in [-0.4, -0.2) is 11.9 Å². The van der Waals surface area contributed by atoms with Crippen molar-refractivity contribution in [2.24, 2.45) is 0 Å². The molecule has 0 atom stereocenters. The topological polar surface area (TPSA) is 52.6 Å². The van der Waals surface area contributed by atoms with E-state index in [4.69, 9.17) is 0 Å². The van der Waals surface area contributed by atoms with E-state index in [2.05, 4.69) is 34.2 Å². The van der Waals surface area contributed by atoms with Gasteiger partial charge in [0.2, 0.25) is 0 Å². The number of hydrogen-bond donors (Lipinski definition) is 2. The average molecular weight is 246 g/mol. The molecule has 0 saturated heterocycles. The van der Waals surface area contributed by atoms with Crippen LogP contribution in [0.25, 0.3) is 0 Å². The zero-order valence-electron chi connectivity index (χ0n) is 7.91. The lowest BCUT2D eigenvalue weighted by molar-refractivity contribution is -0.130. The molecule has 6 heteroatoms. The van der Waals surface area contributed by atoms with E-state index in [0.29, 0.717) is 5.56 Å². The van der Waals surface area contributed by atoms with Crippen molar-refractivity contribution >= 4 is 37.8 Å². The van der Waals surface area contributed by atoms with Crippen LogP contribution in [0.3, 0.4) is 0 Å². The first-order chi connectivity index (χ1) is 7.11. The van der Waals surface area contributed by atoms with Crippen molar-refractivity contribution in [1.29, 1.82) is 0 Å². The molecule has 0 fully saturated rings. The summed E-state index contributed by atoms with van der Waals surface area (Å²) in [6.45, 7) is 1.28. The fourth-order valence-corrected chi connectivity index (χ4v) is 0.732. The summed E-state index contributed by atoms with van der Waals surface area (Å²) in [7, 11) is 0. The van der Waals surface area contributed by atoms with E-state index in [1.165, 1.54) is 6.92 Å². The summed E-state index contributed by atoms with van der Waals surface area (Å²) in [4.78, 5) is 20.2. The smallest absolute Gasteiger partial charge is 0.349 e. The lowest BCUT2D eigenvalue weighted by Gasteiger charge is -1.93. The van der Waals surface area contributed by atoms with Gasteiger partial charge < -0.3 is 8.37 Å². The van der Waals surface area contributed by atoms with Gasteiger partial charge in [-0.3, -0.25) is 4.79 Å². The van der Waals surface area contributed by atoms with E-state index in [9.17, 15) is 9.59 Å². The zero-order chi connectivity index (χ0) is 11.7. The largest absolute Gasteiger partial charge is 0.395 e. The van der Waals surface area contributed by atoms with Gasteiger partial charge in [0, 0.05) is 32.7 Å². The monoisotopic (exact) mass is 246 g/mol. The Hall–Kier alpha value is -1.14. The summed E-state index contributed by atoms with van der Waals surface area (Å²) >= 11 is 6.54. The third-order valence-electron chi connectivity index (χ3n) is 1.22. The summed E-state index contributed by atoms with van der Waals surface area (Å²) in [6, 6.07) is 8.69. The van der Waals surface area contributed by atoms with E-state index in [-0.39, 0.29) is 5.97 Å². The first-order valence-corrected chi connectivity index (χ1v) is 4.57. The van der Waals surface area contributed by atoms with Crippen LogP contribution >= 0.6 is 25.8 Å². The van der Waals surface area contributed by atoms with Crippen LogP contribution in [0.5, 0.6) is 0 Å². The molecule has 0 radical (unpaired) electrons. The first-order valence-electron chi connectivity index (χ1n) is 3.84. The molecule has 0 aromatic heterocycles. The van der Waals surface area contributed by atoms with Gasteiger partial charge in [0.25, 0.3) is 0 Å². The second kappa shape index (κ2) is 8.19. The van der Waals surface area contributed by atoms with Gasteiger partial charge >= 0.3 is 11.9 Å². The maximum Gasteiger partial charge on any atom is 0.349 e. The molecule has 1 aromatic rings. The molecular weight excluding hydrogens is 236 g/mol. The number of benzene rings is 1. The maximum absolute atomic E-state index is 10.7. The van der Waals surface area contributed by atoms with Gasteiger partial charge in [0.15, 0.2) is 0 Å². The number of carbonyl (C=O) groups is 2. The van der Waals surface area contributed by atoms with Gasteiger partial charge in [-0.05, 0) is 12.1 Å². The highest BCUT2D eigenvalue weighted by atomic mass is 32.1. The third kappa shape index (κ3) is 6.87. The molecule has 0 aliphatic rings. The first kappa shape index (κ1) is 13.9. The molecule has 0 unspecified atom stereocenters. The van der Waals surface area contributed by atoms with Gasteiger partial charge in [-0.2, -0.15) is 0 Å². The molecule has 15 heavy (non-hydrogen) atoms. The Balaban J connectivity index is 0.000000336. The SMILES string of the molecule is CC(=O)OS.O=C(OS)c1ccccc1. The van der Waals surface area contributed by atoms with Crippen LogP contribution < -0.4 is 0 Å². The quantitative estimate of drug-likeness (QED) is 0.588. The maximum atomic E-state index is 10.7. The highest BCUT2D eigenvalue weighted by Crippen LogP contribution is 2.01. The second-order valence-electron chi connectivity index (χ2n) is 2.33. The normalized spacial score (nSPS) is 8.20. The summed E-state index contributed by atoms with van der Waals surface area (Å²) in [5, 5.41) is 0. The van der Waals surface area contributed by atoms with Crippen LogP contribution in [0.15, 0.2) is 30.3 Å². The Kier molecular flexibility index (Phi) is 7.57. The summed E-state index contributed by atoms with van der Waals surface area (Å²) in [5.74, 6) is -0.808. The molecular formula is C9H10O4S2. The number of thiol groups is 2. The van der Waals surface area contributed by atoms with Crippen LogP contribution in [0.2, 0.25) is 0 Å². The van der Waals surface area contributed by atoms with E-state index in [1.54, 1.807) is 24.3 Å². The molecule has 1 aromatic carbocycles. The van der Waals surface area contributed by atoms with Crippen LogP contribution in [0.4, 0.5) is 0 Å². The minimum atomic E-state index is -0.427. The van der Waals surface area contributed by atoms with Gasteiger partial charge in [-0.25, -0.2) is 4.79 Å². The van der Waals surface area contributed by atoms with Gasteiger partial charge in [-0.15, -0.1) is 0 Å². The molecule has 0 spiro atoms. The van der Waals surface area contributed by atoms with Crippen molar-refractivity contribution in [1.82, 2.24) is 0 Å². The van der Waals surface area contributed by atoms with Crippen molar-refractivity contribution in [2.45, 2.75) is 6.92 Å². The Morgan fingerprint density at radius 3 is 1.87 bits per heavy atom. The molecule has 0 heterocycles. The molecule has 0 amide bonds. The van der Waals surface area contributed by atoms with Gasteiger partial charge in [-0.1, -0.05) is 18.2 Å². The minimum Gasteiger partial charge on any atom is -0.395 e. The minimum absolute atomic E-state index is 0.381. The molecule has 1 rings (SSSR count). The number of carbonyl (C=O) groups excluding carboxylic acids is 2. The Morgan fingerprint density at radius 2 is 1.53 bits per heavy atom. The molecule has 82 valence electrons.